The molecule has 1 N–H and O–H groups in total. The van der Waals surface area contributed by atoms with Gasteiger partial charge in [-0.2, -0.15) is 4.80 Å². The van der Waals surface area contributed by atoms with E-state index in [1.807, 2.05) is 0 Å². The second-order valence-electron chi connectivity index (χ2n) is 9.11. The highest BCUT2D eigenvalue weighted by Gasteiger charge is 2.38. The van der Waals surface area contributed by atoms with Crippen molar-refractivity contribution >= 4 is 17.5 Å². The van der Waals surface area contributed by atoms with Gasteiger partial charge in [-0.05, 0) is 68.3 Å². The number of rotatable bonds is 8. The second-order valence-corrected chi connectivity index (χ2v) is 9.11. The van der Waals surface area contributed by atoms with Gasteiger partial charge in [0.1, 0.15) is 29.6 Å². The molecular weight excluding hydrogens is 479 g/mol. The molecule has 10 nitrogen and oxygen atoms in total. The van der Waals surface area contributed by atoms with Crippen LogP contribution in [0.1, 0.15) is 49.0 Å². The van der Waals surface area contributed by atoms with Crippen LogP contribution < -0.4 is 10.2 Å². The molecule has 0 saturated heterocycles. The molecule has 11 heteroatoms. The van der Waals surface area contributed by atoms with Gasteiger partial charge < -0.3 is 14.2 Å². The van der Waals surface area contributed by atoms with E-state index in [1.54, 1.807) is 44.2 Å². The van der Waals surface area contributed by atoms with E-state index < -0.39 is 30.2 Å². The zero-order chi connectivity index (χ0) is 25.9. The first-order chi connectivity index (χ1) is 17.9. The molecule has 3 aromatic heterocycles. The summed E-state index contributed by atoms with van der Waals surface area (Å²) in [4.78, 5) is 29.6. The van der Waals surface area contributed by atoms with Crippen LogP contribution in [0.3, 0.4) is 0 Å². The highest BCUT2D eigenvalue weighted by molar-refractivity contribution is 6.01. The minimum absolute atomic E-state index is 0.0140. The van der Waals surface area contributed by atoms with Gasteiger partial charge in [0, 0.05) is 6.04 Å². The Morgan fingerprint density at radius 2 is 1.81 bits per heavy atom. The van der Waals surface area contributed by atoms with Crippen molar-refractivity contribution in [3.63, 3.8) is 0 Å². The molecule has 5 rings (SSSR count). The Morgan fingerprint density at radius 1 is 1.08 bits per heavy atom. The zero-order valence-electron chi connectivity index (χ0n) is 20.6. The minimum Gasteiger partial charge on any atom is -0.464 e. The van der Waals surface area contributed by atoms with Gasteiger partial charge in [-0.1, -0.05) is 25.0 Å². The quantitative estimate of drug-likeness (QED) is 0.382. The van der Waals surface area contributed by atoms with E-state index in [0.717, 1.165) is 35.4 Å². The van der Waals surface area contributed by atoms with Gasteiger partial charge in [0.15, 0.2) is 11.8 Å². The summed E-state index contributed by atoms with van der Waals surface area (Å²) < 4.78 is 26.4. The summed E-state index contributed by atoms with van der Waals surface area (Å²) in [5.41, 5.74) is -0.0601. The number of carbonyl (C=O) groups excluding carboxylic acids is 2. The third-order valence-corrected chi connectivity index (χ3v) is 6.31. The van der Waals surface area contributed by atoms with Gasteiger partial charge in [-0.3, -0.25) is 14.5 Å². The number of aryl methyl sites for hydroxylation is 2. The van der Waals surface area contributed by atoms with Crippen molar-refractivity contribution in [2.24, 2.45) is 0 Å². The van der Waals surface area contributed by atoms with E-state index in [1.165, 1.54) is 18.2 Å². The number of carbonyl (C=O) groups is 2. The van der Waals surface area contributed by atoms with Crippen LogP contribution in [0, 0.1) is 19.7 Å². The predicted octanol–water partition coefficient (Wildman–Crippen LogP) is 4.12. The SMILES string of the molecule is Cc1ccc(-c2nnn(CC(=O)N(c3ccccc3F)C(C(=O)NC3CCCC3)c3ccc(C)o3)n2)o1. The summed E-state index contributed by atoms with van der Waals surface area (Å²) in [6.45, 7) is 3.13. The molecule has 37 heavy (non-hydrogen) atoms. The molecule has 1 aromatic carbocycles. The first-order valence-electron chi connectivity index (χ1n) is 12.2. The number of tetrazole rings is 1. The smallest absolute Gasteiger partial charge is 0.251 e. The van der Waals surface area contributed by atoms with Gasteiger partial charge in [0.25, 0.3) is 11.8 Å². The minimum atomic E-state index is -1.24. The van der Waals surface area contributed by atoms with Crippen LogP contribution in [-0.4, -0.2) is 38.1 Å². The van der Waals surface area contributed by atoms with Crippen LogP contribution >= 0.6 is 0 Å². The lowest BCUT2D eigenvalue weighted by Gasteiger charge is -2.30. The van der Waals surface area contributed by atoms with Gasteiger partial charge in [0.2, 0.25) is 5.82 Å². The number of para-hydroxylation sites is 1. The summed E-state index contributed by atoms with van der Waals surface area (Å²) in [6.07, 6.45) is 3.73. The normalized spacial score (nSPS) is 14.6. The molecule has 1 saturated carbocycles. The summed E-state index contributed by atoms with van der Waals surface area (Å²) in [5.74, 6) is 0.349. The fourth-order valence-electron chi connectivity index (χ4n) is 4.55. The van der Waals surface area contributed by atoms with Crippen LogP contribution in [0.15, 0.2) is 57.4 Å². The van der Waals surface area contributed by atoms with Crippen LogP contribution in [0.5, 0.6) is 0 Å². The van der Waals surface area contributed by atoms with Gasteiger partial charge in [-0.15, -0.1) is 10.2 Å². The Morgan fingerprint density at radius 3 is 2.49 bits per heavy atom. The number of hydrogen-bond acceptors (Lipinski definition) is 7. The third-order valence-electron chi connectivity index (χ3n) is 6.31. The predicted molar refractivity (Wildman–Crippen MR) is 131 cm³/mol. The second kappa shape index (κ2) is 10.4. The fraction of sp³-hybridized carbons (Fsp3) is 0.346. The van der Waals surface area contributed by atoms with Gasteiger partial charge in [-0.25, -0.2) is 4.39 Å². The molecule has 1 atom stereocenters. The molecule has 0 aliphatic heterocycles. The molecular formula is C26H27FN6O4. The molecule has 0 spiro atoms. The van der Waals surface area contributed by atoms with Gasteiger partial charge >= 0.3 is 0 Å². The molecule has 4 aromatic rings. The van der Waals surface area contributed by atoms with E-state index in [0.29, 0.717) is 17.3 Å². The molecule has 1 aliphatic rings. The number of halogens is 1. The van der Waals surface area contributed by atoms with Crippen molar-refractivity contribution in [3.8, 4) is 11.6 Å². The van der Waals surface area contributed by atoms with Crippen LogP contribution in [-0.2, 0) is 16.1 Å². The number of anilines is 1. The van der Waals surface area contributed by atoms with Crippen molar-refractivity contribution in [2.75, 3.05) is 4.90 Å². The van der Waals surface area contributed by atoms with Crippen LogP contribution in [0.2, 0.25) is 0 Å². The van der Waals surface area contributed by atoms with Crippen molar-refractivity contribution in [1.29, 1.82) is 0 Å². The van der Waals surface area contributed by atoms with Crippen LogP contribution in [0.25, 0.3) is 11.6 Å². The van der Waals surface area contributed by atoms with E-state index in [-0.39, 0.29) is 23.3 Å². The van der Waals surface area contributed by atoms with E-state index in [2.05, 4.69) is 20.7 Å². The lowest BCUT2D eigenvalue weighted by atomic mass is 10.1. The molecule has 1 aliphatic carbocycles. The Balaban J connectivity index is 1.50. The maximum absolute atomic E-state index is 15.1. The number of amides is 2. The molecule has 0 radical (unpaired) electrons. The fourth-order valence-corrected chi connectivity index (χ4v) is 4.55. The molecule has 0 bridgehead atoms. The molecule has 3 heterocycles. The number of aromatic nitrogens is 4. The maximum Gasteiger partial charge on any atom is 0.251 e. The Kier molecular flexibility index (Phi) is 6.85. The summed E-state index contributed by atoms with van der Waals surface area (Å²) in [6, 6.07) is 11.3. The zero-order valence-corrected chi connectivity index (χ0v) is 20.6. The lowest BCUT2D eigenvalue weighted by Crippen LogP contribution is -2.47. The highest BCUT2D eigenvalue weighted by Crippen LogP contribution is 2.32. The Labute approximate surface area is 212 Å². The Hall–Kier alpha value is -4.28. The first kappa shape index (κ1) is 24.4. The van der Waals surface area contributed by atoms with E-state index in [4.69, 9.17) is 8.83 Å². The Bertz CT molecular complexity index is 1400. The number of benzene rings is 1. The highest BCUT2D eigenvalue weighted by atomic mass is 19.1. The topological polar surface area (TPSA) is 119 Å². The van der Waals surface area contributed by atoms with E-state index in [9.17, 15) is 9.59 Å². The molecule has 1 fully saturated rings. The maximum atomic E-state index is 15.1. The van der Waals surface area contributed by atoms with Crippen molar-refractivity contribution in [3.05, 3.63) is 71.6 Å². The van der Waals surface area contributed by atoms with E-state index >= 15 is 4.39 Å². The average Bonchev–Trinajstić information content (AvgIpc) is 3.67. The monoisotopic (exact) mass is 506 g/mol. The van der Waals surface area contributed by atoms with Crippen molar-refractivity contribution in [1.82, 2.24) is 25.5 Å². The van der Waals surface area contributed by atoms with Crippen molar-refractivity contribution in [2.45, 2.75) is 58.2 Å². The van der Waals surface area contributed by atoms with Gasteiger partial charge in [0.05, 0.1) is 5.69 Å². The first-order valence-corrected chi connectivity index (χ1v) is 12.2. The third kappa shape index (κ3) is 5.30. The average molecular weight is 507 g/mol. The lowest BCUT2D eigenvalue weighted by molar-refractivity contribution is -0.128. The van der Waals surface area contributed by atoms with Crippen molar-refractivity contribution < 1.29 is 22.8 Å². The standard InChI is InChI=1S/C26H27FN6O4/c1-16-11-13-21(36-16)24(26(35)28-18-7-3-4-8-18)33(20-10-6-5-9-19(20)27)23(34)15-32-30-25(29-31-32)22-14-12-17(2)37-22/h5-6,9-14,18,24H,3-4,7-8,15H2,1-2H3,(H,28,35). The number of nitrogens with zero attached hydrogens (tertiary/aromatic N) is 5. The summed E-state index contributed by atoms with van der Waals surface area (Å²) in [7, 11) is 0. The molecule has 1 unspecified atom stereocenters. The largest absolute Gasteiger partial charge is 0.464 e. The molecule has 2 amide bonds. The number of hydrogen-bond donors (Lipinski definition) is 1. The molecule has 192 valence electrons. The number of furan rings is 2. The number of nitrogens with one attached hydrogen (secondary N) is 1. The summed E-state index contributed by atoms with van der Waals surface area (Å²) in [5, 5.41) is 15.2. The van der Waals surface area contributed by atoms with Crippen LogP contribution in [0.4, 0.5) is 10.1 Å². The summed E-state index contributed by atoms with van der Waals surface area (Å²) >= 11 is 0.